The standard InChI is InChI=1S/C16H19N3O4S.C10H11N3O2S.C6H8O2/c1-11(2)23-15(20)5-6-19-10-17-16(18-19)13-7-12(3)8-14(9-13)24(4,21)22;1-7-3-8(10-11-6-12-13-10)5-9(4-7)16(2,14)15;1-4-6(7)8-5(2)3/h5-11H,1-4H3;3-6H,1-2H3,(H,11,12,13);1,5H,2-3H3/b6-5-;;. The molecule has 0 saturated heterocycles. The van der Waals surface area contributed by atoms with Crippen molar-refractivity contribution >= 4 is 37.8 Å². The number of aromatic nitrogens is 6. The van der Waals surface area contributed by atoms with Gasteiger partial charge in [0.25, 0.3) is 0 Å². The first-order valence-electron chi connectivity index (χ1n) is 14.2. The molecule has 0 radical (unpaired) electrons. The van der Waals surface area contributed by atoms with E-state index in [-0.39, 0.29) is 17.1 Å². The van der Waals surface area contributed by atoms with E-state index in [1.807, 2.05) is 18.9 Å². The molecule has 2 aromatic heterocycles. The summed E-state index contributed by atoms with van der Waals surface area (Å²) in [5, 5.41) is 10.6. The Morgan fingerprint density at radius 3 is 1.85 bits per heavy atom. The third kappa shape index (κ3) is 13.3. The summed E-state index contributed by atoms with van der Waals surface area (Å²) in [5.41, 5.74) is 2.97. The molecule has 0 aliphatic rings. The molecule has 0 aliphatic heterocycles. The Morgan fingerprint density at radius 2 is 1.40 bits per heavy atom. The number of carbonyl (C=O) groups is 2. The van der Waals surface area contributed by atoms with Crippen LogP contribution < -0.4 is 0 Å². The van der Waals surface area contributed by atoms with Crippen LogP contribution in [-0.4, -0.2) is 83.4 Å². The maximum absolute atomic E-state index is 11.7. The number of sulfone groups is 2. The average molecular weight is 699 g/mol. The molecule has 14 nitrogen and oxygen atoms in total. The lowest BCUT2D eigenvalue weighted by Gasteiger charge is -2.04. The molecule has 0 spiro atoms. The van der Waals surface area contributed by atoms with E-state index in [4.69, 9.17) is 11.2 Å². The molecule has 16 heteroatoms. The lowest BCUT2D eigenvalue weighted by atomic mass is 10.1. The number of hydrogen-bond donors (Lipinski definition) is 1. The first-order valence-corrected chi connectivity index (χ1v) is 18.0. The van der Waals surface area contributed by atoms with E-state index in [1.54, 1.807) is 58.9 Å². The number of ether oxygens (including phenoxy) is 2. The zero-order valence-corrected chi connectivity index (χ0v) is 29.5. The zero-order valence-electron chi connectivity index (χ0n) is 27.8. The number of H-pyrrole nitrogens is 1. The van der Waals surface area contributed by atoms with Crippen LogP contribution in [-0.2, 0) is 38.7 Å². The quantitative estimate of drug-likeness (QED) is 0.121. The van der Waals surface area contributed by atoms with Gasteiger partial charge in [-0.25, -0.2) is 41.1 Å². The van der Waals surface area contributed by atoms with Gasteiger partial charge < -0.3 is 9.47 Å². The predicted molar refractivity (Wildman–Crippen MR) is 180 cm³/mol. The lowest BCUT2D eigenvalue weighted by molar-refractivity contribution is -0.141. The van der Waals surface area contributed by atoms with Gasteiger partial charge in [0.05, 0.1) is 22.0 Å². The molecular weight excluding hydrogens is 661 g/mol. The molecule has 0 fully saturated rings. The van der Waals surface area contributed by atoms with Crippen molar-refractivity contribution in [3.8, 4) is 35.1 Å². The summed E-state index contributed by atoms with van der Waals surface area (Å²) in [7, 11) is -6.52. The van der Waals surface area contributed by atoms with Crippen LogP contribution in [0, 0.1) is 26.2 Å². The highest BCUT2D eigenvalue weighted by Gasteiger charge is 2.13. The molecule has 2 aromatic carbocycles. The Balaban J connectivity index is 0.000000285. The van der Waals surface area contributed by atoms with Crippen LogP contribution in [0.5, 0.6) is 0 Å². The fourth-order valence-electron chi connectivity index (χ4n) is 3.67. The van der Waals surface area contributed by atoms with Crippen LogP contribution in [0.15, 0.2) is 64.9 Å². The van der Waals surface area contributed by atoms with E-state index in [2.05, 4.69) is 30.0 Å². The number of aromatic amines is 1. The van der Waals surface area contributed by atoms with Crippen molar-refractivity contribution in [1.29, 1.82) is 0 Å². The van der Waals surface area contributed by atoms with Crippen molar-refractivity contribution < 1.29 is 35.9 Å². The van der Waals surface area contributed by atoms with E-state index >= 15 is 0 Å². The van der Waals surface area contributed by atoms with Gasteiger partial charge in [-0.3, -0.25) is 5.10 Å². The average Bonchev–Trinajstić information content (AvgIpc) is 3.68. The topological polar surface area (TPSA) is 193 Å². The summed E-state index contributed by atoms with van der Waals surface area (Å²) in [6.45, 7) is 10.7. The van der Waals surface area contributed by atoms with Gasteiger partial charge in [0, 0.05) is 41.8 Å². The Labute approximate surface area is 280 Å². The summed E-state index contributed by atoms with van der Waals surface area (Å²) in [4.78, 5) is 30.3. The zero-order chi connectivity index (χ0) is 36.2. The van der Waals surface area contributed by atoms with Gasteiger partial charge in [0.1, 0.15) is 12.7 Å². The third-order valence-electron chi connectivity index (χ3n) is 5.59. The van der Waals surface area contributed by atoms with E-state index in [0.29, 0.717) is 22.1 Å². The predicted octanol–water partition coefficient (Wildman–Crippen LogP) is 3.83. The number of nitrogens with zero attached hydrogens (tertiary/aromatic N) is 5. The monoisotopic (exact) mass is 698 g/mol. The number of carbonyl (C=O) groups excluding carboxylic acids is 2. The number of hydrogen-bond acceptors (Lipinski definition) is 12. The van der Waals surface area contributed by atoms with Crippen LogP contribution in [0.4, 0.5) is 0 Å². The maximum atomic E-state index is 11.7. The van der Waals surface area contributed by atoms with Crippen molar-refractivity contribution in [1.82, 2.24) is 29.9 Å². The van der Waals surface area contributed by atoms with E-state index in [9.17, 15) is 26.4 Å². The molecule has 256 valence electrons. The molecule has 0 atom stereocenters. The van der Waals surface area contributed by atoms with Crippen LogP contribution in [0.2, 0.25) is 0 Å². The highest BCUT2D eigenvalue weighted by atomic mass is 32.2. The van der Waals surface area contributed by atoms with Crippen LogP contribution in [0.1, 0.15) is 38.8 Å². The molecule has 2 heterocycles. The van der Waals surface area contributed by atoms with Crippen molar-refractivity contribution in [3.63, 3.8) is 0 Å². The summed E-state index contributed by atoms with van der Waals surface area (Å²) >= 11 is 0. The summed E-state index contributed by atoms with van der Waals surface area (Å²) in [5.74, 6) is 1.69. The minimum atomic E-state index is -3.32. The highest BCUT2D eigenvalue weighted by Crippen LogP contribution is 2.22. The Morgan fingerprint density at radius 1 is 0.854 bits per heavy atom. The second kappa shape index (κ2) is 17.1. The minimum absolute atomic E-state index is 0.112. The normalized spacial score (nSPS) is 11.3. The SMILES string of the molecule is C#CC(=O)OC(C)C.Cc1cc(-c2ncn(/C=C\C(=O)OC(C)C)n2)cc(S(C)(=O)=O)c1.Cc1cc(-c2ncn[nH]2)cc(S(C)(=O)=O)c1. The first-order chi connectivity index (χ1) is 22.3. The Hall–Kier alpha value is -5.14. The molecule has 4 rings (SSSR count). The lowest BCUT2D eigenvalue weighted by Crippen LogP contribution is -2.08. The summed E-state index contributed by atoms with van der Waals surface area (Å²) in [6, 6.07) is 9.99. The van der Waals surface area contributed by atoms with Gasteiger partial charge in [-0.15, -0.1) is 11.5 Å². The molecule has 0 saturated carbocycles. The van der Waals surface area contributed by atoms with Crippen LogP contribution >= 0.6 is 0 Å². The number of esters is 2. The van der Waals surface area contributed by atoms with E-state index in [0.717, 1.165) is 22.9 Å². The number of terminal acetylenes is 1. The molecule has 4 aromatic rings. The van der Waals surface area contributed by atoms with E-state index < -0.39 is 31.6 Å². The van der Waals surface area contributed by atoms with Gasteiger partial charge in [0.2, 0.25) is 0 Å². The minimum Gasteiger partial charge on any atom is -0.460 e. The molecule has 0 aliphatic carbocycles. The summed E-state index contributed by atoms with van der Waals surface area (Å²) < 4.78 is 57.2. The van der Waals surface area contributed by atoms with Crippen molar-refractivity contribution in [2.24, 2.45) is 0 Å². The second-order valence-corrected chi connectivity index (χ2v) is 14.9. The number of aryl methyl sites for hydroxylation is 2. The van der Waals surface area contributed by atoms with Gasteiger partial charge in [0.15, 0.2) is 31.3 Å². The molecule has 48 heavy (non-hydrogen) atoms. The van der Waals surface area contributed by atoms with Crippen molar-refractivity contribution in [2.75, 3.05) is 12.5 Å². The van der Waals surface area contributed by atoms with Crippen LogP contribution in [0.25, 0.3) is 29.0 Å². The van der Waals surface area contributed by atoms with E-state index in [1.165, 1.54) is 41.9 Å². The summed E-state index contributed by atoms with van der Waals surface area (Å²) in [6.07, 6.45) is 12.2. The van der Waals surface area contributed by atoms with Crippen LogP contribution in [0.3, 0.4) is 0 Å². The molecule has 0 bridgehead atoms. The van der Waals surface area contributed by atoms with Crippen molar-refractivity contribution in [3.05, 3.63) is 66.3 Å². The molecule has 1 N–H and O–H groups in total. The second-order valence-electron chi connectivity index (χ2n) is 10.9. The number of rotatable bonds is 8. The molecule has 0 unspecified atom stereocenters. The highest BCUT2D eigenvalue weighted by molar-refractivity contribution is 7.91. The fraction of sp³-hybridized carbons (Fsp3) is 0.312. The Bertz CT molecular complexity index is 2010. The first kappa shape index (κ1) is 39.0. The van der Waals surface area contributed by atoms with Gasteiger partial charge in [-0.05, 0) is 89.1 Å². The fourth-order valence-corrected chi connectivity index (χ4v) is 5.15. The maximum Gasteiger partial charge on any atom is 0.384 e. The smallest absolute Gasteiger partial charge is 0.384 e. The van der Waals surface area contributed by atoms with Gasteiger partial charge >= 0.3 is 11.9 Å². The number of benzene rings is 2. The van der Waals surface area contributed by atoms with Gasteiger partial charge in [-0.2, -0.15) is 5.10 Å². The van der Waals surface area contributed by atoms with Gasteiger partial charge in [-0.1, -0.05) is 0 Å². The number of nitrogens with one attached hydrogen (secondary N) is 1. The Kier molecular flexibility index (Phi) is 13.9. The third-order valence-corrected chi connectivity index (χ3v) is 7.77. The molecule has 0 amide bonds. The molecular formula is C32H38N6O8S2. The largest absolute Gasteiger partial charge is 0.460 e. The van der Waals surface area contributed by atoms with Crippen molar-refractivity contribution in [2.45, 2.75) is 63.5 Å².